The molecule has 0 N–H and O–H groups in total. The first kappa shape index (κ1) is 32.4. The number of hydrogen-bond acceptors (Lipinski definition) is 2. The second kappa shape index (κ2) is 12.3. The highest BCUT2D eigenvalue weighted by molar-refractivity contribution is 6.11. The molecule has 51 heavy (non-hydrogen) atoms. The molecular weight excluding hydrogens is 617 g/mol. The fourth-order valence-electron chi connectivity index (χ4n) is 10.8. The van der Waals surface area contributed by atoms with Gasteiger partial charge in [0.25, 0.3) is 0 Å². The van der Waals surface area contributed by atoms with Crippen molar-refractivity contribution in [3.63, 3.8) is 0 Å². The minimum absolute atomic E-state index is 0.112. The van der Waals surface area contributed by atoms with E-state index in [1.54, 1.807) is 0 Å². The Hall–Kier alpha value is -4.56. The van der Waals surface area contributed by atoms with Gasteiger partial charge in [-0.3, -0.25) is 9.98 Å². The van der Waals surface area contributed by atoms with E-state index in [0.717, 1.165) is 24.2 Å². The highest BCUT2D eigenvalue weighted by Gasteiger charge is 2.44. The zero-order valence-corrected chi connectivity index (χ0v) is 31.1. The molecule has 2 nitrogen and oxygen atoms in total. The summed E-state index contributed by atoms with van der Waals surface area (Å²) >= 11 is 0. The van der Waals surface area contributed by atoms with Crippen molar-refractivity contribution in [2.24, 2.45) is 9.98 Å². The molecule has 2 aliphatic carbocycles. The second-order valence-corrected chi connectivity index (χ2v) is 15.8. The fourth-order valence-corrected chi connectivity index (χ4v) is 10.8. The molecule has 0 spiro atoms. The van der Waals surface area contributed by atoms with Crippen molar-refractivity contribution >= 4 is 22.8 Å². The Morgan fingerprint density at radius 1 is 0.471 bits per heavy atom. The van der Waals surface area contributed by atoms with Gasteiger partial charge >= 0.3 is 0 Å². The van der Waals surface area contributed by atoms with Crippen LogP contribution in [0.15, 0.2) is 101 Å². The molecule has 0 saturated carbocycles. The monoisotopic (exact) mass is 666 g/mol. The average Bonchev–Trinajstić information content (AvgIpc) is 3.88. The van der Waals surface area contributed by atoms with Crippen LogP contribution in [0, 0.1) is 6.92 Å². The summed E-state index contributed by atoms with van der Waals surface area (Å²) < 4.78 is 0. The van der Waals surface area contributed by atoms with Gasteiger partial charge in [0.05, 0.1) is 22.8 Å². The van der Waals surface area contributed by atoms with E-state index < -0.39 is 0 Å². The molecule has 2 heteroatoms. The highest BCUT2D eigenvalue weighted by Crippen LogP contribution is 2.57. The van der Waals surface area contributed by atoms with Crippen LogP contribution in [0.2, 0.25) is 0 Å². The number of aliphatic imine (C=N–C) groups is 2. The molecule has 0 amide bonds. The van der Waals surface area contributed by atoms with Crippen LogP contribution < -0.4 is 0 Å². The van der Waals surface area contributed by atoms with E-state index in [0.29, 0.717) is 0 Å². The van der Waals surface area contributed by atoms with Gasteiger partial charge in [0, 0.05) is 23.7 Å². The lowest BCUT2D eigenvalue weighted by Gasteiger charge is -2.32. The zero-order valence-electron chi connectivity index (χ0n) is 31.1. The van der Waals surface area contributed by atoms with Gasteiger partial charge in [0.1, 0.15) is 0 Å². The van der Waals surface area contributed by atoms with Crippen molar-refractivity contribution in [2.75, 3.05) is 0 Å². The molecule has 0 saturated heterocycles. The topological polar surface area (TPSA) is 24.7 Å². The summed E-state index contributed by atoms with van der Waals surface area (Å²) in [6.07, 6.45) is 11.3. The summed E-state index contributed by atoms with van der Waals surface area (Å²) in [5, 5.41) is 0. The van der Waals surface area contributed by atoms with Gasteiger partial charge in [-0.15, -0.1) is 0 Å². The lowest BCUT2D eigenvalue weighted by atomic mass is 9.71. The largest absolute Gasteiger partial charge is 0.252 e. The van der Waals surface area contributed by atoms with Crippen LogP contribution in [0.25, 0.3) is 22.3 Å². The third kappa shape index (κ3) is 4.74. The van der Waals surface area contributed by atoms with Gasteiger partial charge in [-0.25, -0.2) is 0 Å². The molecule has 2 heterocycles. The molecular formula is C49H50N2. The third-order valence-corrected chi connectivity index (χ3v) is 12.7. The second-order valence-electron chi connectivity index (χ2n) is 15.8. The summed E-state index contributed by atoms with van der Waals surface area (Å²) in [7, 11) is 0. The van der Waals surface area contributed by atoms with E-state index in [1.165, 1.54) is 135 Å². The van der Waals surface area contributed by atoms with E-state index in [-0.39, 0.29) is 10.8 Å². The fraction of sp³-hybridized carbons (Fsp3) is 0.347. The van der Waals surface area contributed by atoms with E-state index in [2.05, 4.69) is 126 Å². The van der Waals surface area contributed by atoms with Crippen molar-refractivity contribution in [2.45, 2.75) is 110 Å². The van der Waals surface area contributed by atoms with Crippen LogP contribution in [0.5, 0.6) is 0 Å². The highest BCUT2D eigenvalue weighted by atomic mass is 14.8. The van der Waals surface area contributed by atoms with Gasteiger partial charge in [-0.1, -0.05) is 126 Å². The summed E-state index contributed by atoms with van der Waals surface area (Å²) in [6, 6.07) is 35.1. The molecule has 256 valence electrons. The summed E-state index contributed by atoms with van der Waals surface area (Å²) in [5.41, 5.74) is 23.2. The lowest BCUT2D eigenvalue weighted by Crippen LogP contribution is -2.25. The summed E-state index contributed by atoms with van der Waals surface area (Å²) in [6.45, 7) is 11.6. The van der Waals surface area contributed by atoms with Gasteiger partial charge < -0.3 is 0 Å². The molecule has 0 radical (unpaired) electrons. The predicted molar refractivity (Wildman–Crippen MR) is 216 cm³/mol. The Bertz CT molecular complexity index is 2270. The van der Waals surface area contributed by atoms with E-state index in [1.807, 2.05) is 0 Å². The number of hydrogen-bond donors (Lipinski definition) is 0. The molecule has 4 aliphatic rings. The smallest absolute Gasteiger partial charge is 0.0675 e. The van der Waals surface area contributed by atoms with Gasteiger partial charge in [0.2, 0.25) is 0 Å². The Morgan fingerprint density at radius 2 is 0.941 bits per heavy atom. The minimum Gasteiger partial charge on any atom is -0.252 e. The van der Waals surface area contributed by atoms with Crippen LogP contribution >= 0.6 is 0 Å². The molecule has 0 atom stereocenters. The molecule has 0 aromatic heterocycles. The van der Waals surface area contributed by atoms with Gasteiger partial charge in [-0.05, 0) is 123 Å². The maximum atomic E-state index is 5.32. The number of benzene rings is 5. The van der Waals surface area contributed by atoms with Gasteiger partial charge in [-0.2, -0.15) is 0 Å². The number of rotatable bonds is 10. The van der Waals surface area contributed by atoms with Crippen molar-refractivity contribution in [1.82, 2.24) is 0 Å². The lowest BCUT2D eigenvalue weighted by molar-refractivity contribution is 0.435. The minimum atomic E-state index is 0.112. The standard InChI is InChI=1S/C49H50N2/c1-6-20-48(21-7-2)40-16-12-10-14-36(40)38-29-45-33(25-42(38)48)27-44(50-45)32-18-19-35(31(5)24-32)47-28-34-26-43-39(30-46(34)51-47)37-15-11-13-17-41(37)49(43,22-8-3)23-9-4/h10-19,24-26,29-30H,6-9,20-23,27-28H2,1-5H3. The van der Waals surface area contributed by atoms with Crippen molar-refractivity contribution in [3.05, 3.63) is 141 Å². The maximum absolute atomic E-state index is 5.32. The van der Waals surface area contributed by atoms with Crippen molar-refractivity contribution < 1.29 is 0 Å². The van der Waals surface area contributed by atoms with Crippen molar-refractivity contribution in [3.8, 4) is 22.3 Å². The molecule has 0 fully saturated rings. The van der Waals surface area contributed by atoms with Crippen molar-refractivity contribution in [1.29, 1.82) is 0 Å². The Labute approximate surface area is 304 Å². The summed E-state index contributed by atoms with van der Waals surface area (Å²) in [4.78, 5) is 10.6. The average molecular weight is 667 g/mol. The van der Waals surface area contributed by atoms with Crippen LogP contribution in [0.3, 0.4) is 0 Å². The Morgan fingerprint density at radius 3 is 1.43 bits per heavy atom. The third-order valence-electron chi connectivity index (χ3n) is 12.7. The van der Waals surface area contributed by atoms with E-state index in [4.69, 9.17) is 9.98 Å². The van der Waals surface area contributed by atoms with E-state index in [9.17, 15) is 0 Å². The molecule has 2 aliphatic heterocycles. The first-order chi connectivity index (χ1) is 24.9. The zero-order chi connectivity index (χ0) is 34.9. The van der Waals surface area contributed by atoms with E-state index >= 15 is 0 Å². The van der Waals surface area contributed by atoms with Gasteiger partial charge in [0.15, 0.2) is 0 Å². The normalized spacial score (nSPS) is 16.6. The molecule has 5 aromatic rings. The van der Waals surface area contributed by atoms with Crippen LogP contribution in [0.4, 0.5) is 11.4 Å². The SMILES string of the molecule is CCCC1(CCC)c2ccccc2-c2cc3c(cc21)CC(c1ccc(C2=Nc4cc5c(cc4C2)C(CCC)(CCC)c2ccccc2-5)c(C)c1)=N3. The van der Waals surface area contributed by atoms with Crippen LogP contribution in [-0.2, 0) is 23.7 Å². The van der Waals surface area contributed by atoms with Crippen LogP contribution in [-0.4, -0.2) is 11.4 Å². The molecule has 5 aromatic carbocycles. The number of nitrogens with zero attached hydrogens (tertiary/aromatic N) is 2. The molecule has 0 bridgehead atoms. The number of fused-ring (bicyclic) bond motifs is 8. The predicted octanol–water partition coefficient (Wildman–Crippen LogP) is 13.1. The summed E-state index contributed by atoms with van der Waals surface area (Å²) in [5.74, 6) is 0. The maximum Gasteiger partial charge on any atom is 0.0675 e. The Kier molecular flexibility index (Phi) is 7.80. The first-order valence-electron chi connectivity index (χ1n) is 19.8. The molecule has 0 unspecified atom stereocenters. The quantitative estimate of drug-likeness (QED) is 0.142. The van der Waals surface area contributed by atoms with Crippen LogP contribution in [0.1, 0.15) is 129 Å². The number of aryl methyl sites for hydroxylation is 1. The molecule has 9 rings (SSSR count). The first-order valence-corrected chi connectivity index (χ1v) is 19.8. The Balaban J connectivity index is 1.03.